The molecule has 9 nitrogen and oxygen atoms in total. The van der Waals surface area contributed by atoms with E-state index >= 15 is 0 Å². The fraction of sp³-hybridized carbons (Fsp3) is 0.522. The van der Waals surface area contributed by atoms with Gasteiger partial charge in [-0.15, -0.1) is 0 Å². The first kappa shape index (κ1) is 22.1. The maximum absolute atomic E-state index is 13.4. The first-order chi connectivity index (χ1) is 15.2. The standard InChI is InChI=1S/C23H31N5O4/c1-23(2,3)19(22(30)24-4)26-21(29)18-15-12-27(5)9-6-10-28(15)20(25-18)14-7-8-16-17(11-14)32-13-31-16/h7-8,11,19H,6,9-10,12-13H2,1-5H3,(H,24,30)(H,26,29). The molecule has 2 aliphatic rings. The van der Waals surface area contributed by atoms with Crippen molar-refractivity contribution in [2.24, 2.45) is 5.41 Å². The van der Waals surface area contributed by atoms with E-state index in [0.717, 1.165) is 30.8 Å². The van der Waals surface area contributed by atoms with Crippen LogP contribution in [0.3, 0.4) is 0 Å². The summed E-state index contributed by atoms with van der Waals surface area (Å²) in [4.78, 5) is 32.8. The van der Waals surface area contributed by atoms with Gasteiger partial charge in [-0.2, -0.15) is 0 Å². The zero-order valence-electron chi connectivity index (χ0n) is 19.3. The third-order valence-corrected chi connectivity index (χ3v) is 5.91. The summed E-state index contributed by atoms with van der Waals surface area (Å²) in [5.41, 5.74) is 1.60. The average molecular weight is 442 g/mol. The topological polar surface area (TPSA) is 97.7 Å². The summed E-state index contributed by atoms with van der Waals surface area (Å²) >= 11 is 0. The van der Waals surface area contributed by atoms with Gasteiger partial charge in [0.1, 0.15) is 11.9 Å². The molecule has 172 valence electrons. The van der Waals surface area contributed by atoms with Gasteiger partial charge in [-0.1, -0.05) is 20.8 Å². The van der Waals surface area contributed by atoms with Crippen LogP contribution < -0.4 is 20.1 Å². The molecule has 32 heavy (non-hydrogen) atoms. The Morgan fingerprint density at radius 3 is 2.62 bits per heavy atom. The molecule has 1 unspecified atom stereocenters. The summed E-state index contributed by atoms with van der Waals surface area (Å²) in [6.45, 7) is 8.24. The average Bonchev–Trinajstić information content (AvgIpc) is 3.30. The van der Waals surface area contributed by atoms with Crippen molar-refractivity contribution in [2.45, 2.75) is 46.3 Å². The lowest BCUT2D eigenvalue weighted by Crippen LogP contribution is -2.53. The van der Waals surface area contributed by atoms with E-state index in [9.17, 15) is 9.59 Å². The van der Waals surface area contributed by atoms with Gasteiger partial charge >= 0.3 is 0 Å². The minimum Gasteiger partial charge on any atom is -0.454 e. The normalized spacial score (nSPS) is 16.8. The molecule has 0 fully saturated rings. The Morgan fingerprint density at radius 1 is 1.16 bits per heavy atom. The smallest absolute Gasteiger partial charge is 0.272 e. The Kier molecular flexibility index (Phi) is 5.85. The van der Waals surface area contributed by atoms with Crippen molar-refractivity contribution >= 4 is 11.8 Å². The molecule has 2 amide bonds. The number of nitrogens with zero attached hydrogens (tertiary/aromatic N) is 3. The maximum Gasteiger partial charge on any atom is 0.272 e. The molecule has 1 atom stereocenters. The third kappa shape index (κ3) is 4.17. The van der Waals surface area contributed by atoms with Crippen molar-refractivity contribution in [2.75, 3.05) is 27.4 Å². The molecule has 0 aliphatic carbocycles. The summed E-state index contributed by atoms with van der Waals surface area (Å²) in [7, 11) is 3.61. The van der Waals surface area contributed by atoms with Gasteiger partial charge < -0.3 is 29.6 Å². The quantitative estimate of drug-likeness (QED) is 0.753. The van der Waals surface area contributed by atoms with E-state index in [0.29, 0.717) is 29.6 Å². The number of benzene rings is 1. The van der Waals surface area contributed by atoms with Crippen LogP contribution in [0.2, 0.25) is 0 Å². The number of ether oxygens (including phenoxy) is 2. The SMILES string of the molecule is CNC(=O)C(NC(=O)c1nc(-c2ccc3c(c2)OCO3)n2c1CN(C)CCC2)C(C)(C)C. The van der Waals surface area contributed by atoms with Crippen LogP contribution in [0.4, 0.5) is 0 Å². The molecular formula is C23H31N5O4. The van der Waals surface area contributed by atoms with E-state index < -0.39 is 11.5 Å². The number of hydrogen-bond acceptors (Lipinski definition) is 6. The van der Waals surface area contributed by atoms with Crippen LogP contribution in [0.1, 0.15) is 43.4 Å². The molecule has 0 saturated heterocycles. The third-order valence-electron chi connectivity index (χ3n) is 5.91. The van der Waals surface area contributed by atoms with Crippen LogP contribution >= 0.6 is 0 Å². The first-order valence-electron chi connectivity index (χ1n) is 10.9. The van der Waals surface area contributed by atoms with Crippen molar-refractivity contribution in [3.05, 3.63) is 29.6 Å². The number of hydrogen-bond donors (Lipinski definition) is 2. The Hall–Kier alpha value is -3.07. The van der Waals surface area contributed by atoms with Crippen LogP contribution in [0.15, 0.2) is 18.2 Å². The van der Waals surface area contributed by atoms with Crippen molar-refractivity contribution in [1.82, 2.24) is 25.1 Å². The maximum atomic E-state index is 13.4. The van der Waals surface area contributed by atoms with E-state index in [1.807, 2.05) is 46.0 Å². The summed E-state index contributed by atoms with van der Waals surface area (Å²) in [6, 6.07) is 5.01. The van der Waals surface area contributed by atoms with Gasteiger partial charge in [0.05, 0.1) is 5.69 Å². The summed E-state index contributed by atoms with van der Waals surface area (Å²) in [6.07, 6.45) is 0.946. The zero-order valence-corrected chi connectivity index (χ0v) is 19.3. The monoisotopic (exact) mass is 441 g/mol. The van der Waals surface area contributed by atoms with Crippen molar-refractivity contribution < 1.29 is 19.1 Å². The number of amides is 2. The Bertz CT molecular complexity index is 1040. The molecule has 4 rings (SSSR count). The number of fused-ring (bicyclic) bond motifs is 2. The lowest BCUT2D eigenvalue weighted by atomic mass is 9.86. The lowest BCUT2D eigenvalue weighted by Gasteiger charge is -2.29. The summed E-state index contributed by atoms with van der Waals surface area (Å²) < 4.78 is 13.1. The van der Waals surface area contributed by atoms with E-state index in [1.54, 1.807) is 7.05 Å². The second-order valence-corrected chi connectivity index (χ2v) is 9.43. The highest BCUT2D eigenvalue weighted by Crippen LogP contribution is 2.36. The highest BCUT2D eigenvalue weighted by molar-refractivity contribution is 5.98. The molecule has 2 aromatic rings. The Labute approximate surface area is 188 Å². The Morgan fingerprint density at radius 2 is 1.91 bits per heavy atom. The van der Waals surface area contributed by atoms with E-state index in [1.165, 1.54) is 0 Å². The molecule has 1 aromatic heterocycles. The second kappa shape index (κ2) is 8.46. The molecule has 9 heteroatoms. The zero-order chi connectivity index (χ0) is 23.0. The van der Waals surface area contributed by atoms with Gasteiger partial charge in [0.25, 0.3) is 5.91 Å². The van der Waals surface area contributed by atoms with Gasteiger partial charge in [-0.3, -0.25) is 9.59 Å². The number of nitrogens with one attached hydrogen (secondary N) is 2. The van der Waals surface area contributed by atoms with Crippen LogP contribution in [0.25, 0.3) is 11.4 Å². The van der Waals surface area contributed by atoms with Gasteiger partial charge in [-0.05, 0) is 43.6 Å². The van der Waals surface area contributed by atoms with E-state index in [2.05, 4.69) is 20.1 Å². The number of carbonyl (C=O) groups excluding carboxylic acids is 2. The number of carbonyl (C=O) groups is 2. The summed E-state index contributed by atoms with van der Waals surface area (Å²) in [5.74, 6) is 1.51. The minimum absolute atomic E-state index is 0.199. The van der Waals surface area contributed by atoms with Crippen molar-refractivity contribution in [3.8, 4) is 22.9 Å². The molecule has 0 spiro atoms. The lowest BCUT2D eigenvalue weighted by molar-refractivity contribution is -0.124. The van der Waals surface area contributed by atoms with Crippen molar-refractivity contribution in [3.63, 3.8) is 0 Å². The van der Waals surface area contributed by atoms with Crippen LogP contribution in [0.5, 0.6) is 11.5 Å². The predicted octanol–water partition coefficient (Wildman–Crippen LogP) is 2.00. The molecule has 0 bridgehead atoms. The molecule has 1 aromatic carbocycles. The fourth-order valence-corrected chi connectivity index (χ4v) is 4.18. The van der Waals surface area contributed by atoms with E-state index in [4.69, 9.17) is 14.5 Å². The molecule has 2 aliphatic heterocycles. The van der Waals surface area contributed by atoms with Crippen molar-refractivity contribution in [1.29, 1.82) is 0 Å². The highest BCUT2D eigenvalue weighted by Gasteiger charge is 2.34. The number of likely N-dealkylation sites (N-methyl/N-ethyl adjacent to an activating group) is 1. The molecular weight excluding hydrogens is 410 g/mol. The fourth-order valence-electron chi connectivity index (χ4n) is 4.18. The number of aromatic nitrogens is 2. The Balaban J connectivity index is 1.75. The molecule has 0 saturated carbocycles. The van der Waals surface area contributed by atoms with Gasteiger partial charge in [0, 0.05) is 25.7 Å². The second-order valence-electron chi connectivity index (χ2n) is 9.43. The van der Waals surface area contributed by atoms with E-state index in [-0.39, 0.29) is 18.6 Å². The summed E-state index contributed by atoms with van der Waals surface area (Å²) in [5, 5.41) is 5.58. The molecule has 3 heterocycles. The molecule has 0 radical (unpaired) electrons. The van der Waals surface area contributed by atoms with Gasteiger partial charge in [0.2, 0.25) is 12.7 Å². The number of imidazole rings is 1. The molecule has 2 N–H and O–H groups in total. The number of rotatable bonds is 4. The first-order valence-corrected chi connectivity index (χ1v) is 10.9. The van der Waals surface area contributed by atoms with Crippen LogP contribution in [0, 0.1) is 5.41 Å². The van der Waals surface area contributed by atoms with Gasteiger partial charge in [-0.25, -0.2) is 4.98 Å². The minimum atomic E-state index is -0.685. The highest BCUT2D eigenvalue weighted by atomic mass is 16.7. The van der Waals surface area contributed by atoms with Crippen LogP contribution in [-0.2, 0) is 17.9 Å². The predicted molar refractivity (Wildman–Crippen MR) is 120 cm³/mol. The van der Waals surface area contributed by atoms with Gasteiger partial charge in [0.15, 0.2) is 17.2 Å². The largest absolute Gasteiger partial charge is 0.454 e. The van der Waals surface area contributed by atoms with Crippen LogP contribution in [-0.4, -0.2) is 59.7 Å².